The summed E-state index contributed by atoms with van der Waals surface area (Å²) >= 11 is 6.01. The van der Waals surface area contributed by atoms with Crippen molar-refractivity contribution in [1.82, 2.24) is 20.1 Å². The predicted molar refractivity (Wildman–Crippen MR) is 98.1 cm³/mol. The number of aromatic amines is 1. The third-order valence-electron chi connectivity index (χ3n) is 5.13. The molecule has 2 aliphatic heterocycles. The number of rotatable bonds is 2. The third-order valence-corrected chi connectivity index (χ3v) is 5.36. The van der Waals surface area contributed by atoms with E-state index >= 15 is 0 Å². The first-order chi connectivity index (χ1) is 12.4. The largest absolute Gasteiger partial charge is 0.361 e. The Morgan fingerprint density at radius 1 is 1.38 bits per heavy atom. The molecule has 2 fully saturated rings. The number of fused-ring (bicyclic) bond motifs is 1. The molecular formula is C18H21ClN4O3. The van der Waals surface area contributed by atoms with Crippen molar-refractivity contribution in [2.24, 2.45) is 0 Å². The van der Waals surface area contributed by atoms with Crippen molar-refractivity contribution < 1.29 is 14.3 Å². The van der Waals surface area contributed by atoms with Crippen molar-refractivity contribution in [2.45, 2.75) is 18.6 Å². The summed E-state index contributed by atoms with van der Waals surface area (Å²) in [5.41, 5.74) is 1.48. The Kier molecular flexibility index (Phi) is 4.28. The summed E-state index contributed by atoms with van der Waals surface area (Å²) < 4.78 is 5.77. The number of nitrogens with one attached hydrogen (secondary N) is 2. The number of hydrogen-bond acceptors (Lipinski definition) is 3. The number of carbonyl (C=O) groups is 2. The number of likely N-dealkylation sites (tertiary alicyclic amines) is 1. The number of hydrogen-bond donors (Lipinski definition) is 2. The average Bonchev–Trinajstić information content (AvgIpc) is 3.20. The van der Waals surface area contributed by atoms with Crippen LogP contribution in [0.4, 0.5) is 4.79 Å². The minimum Gasteiger partial charge on any atom is -0.361 e. The van der Waals surface area contributed by atoms with Crippen molar-refractivity contribution in [1.29, 1.82) is 0 Å². The normalized spacial score (nSPS) is 23.2. The Hall–Kier alpha value is -2.25. The lowest BCUT2D eigenvalue weighted by Gasteiger charge is -2.38. The Labute approximate surface area is 156 Å². The van der Waals surface area contributed by atoms with Crippen LogP contribution in [-0.2, 0) is 16.1 Å². The molecule has 26 heavy (non-hydrogen) atoms. The number of carbonyl (C=O) groups excluding carboxylic acids is 2. The molecule has 0 unspecified atom stereocenters. The van der Waals surface area contributed by atoms with E-state index in [9.17, 15) is 9.59 Å². The first-order valence-corrected chi connectivity index (χ1v) is 9.00. The molecule has 1 aromatic carbocycles. The smallest absolute Gasteiger partial charge is 0.317 e. The molecule has 8 heteroatoms. The van der Waals surface area contributed by atoms with Gasteiger partial charge < -0.3 is 24.8 Å². The molecule has 2 saturated heterocycles. The van der Waals surface area contributed by atoms with Gasteiger partial charge in [-0.3, -0.25) is 4.79 Å². The Balaban J connectivity index is 1.35. The molecule has 2 aromatic rings. The van der Waals surface area contributed by atoms with Gasteiger partial charge in [0.25, 0.3) is 0 Å². The lowest BCUT2D eigenvalue weighted by molar-refractivity contribution is -0.158. The molecule has 1 aromatic heterocycles. The summed E-state index contributed by atoms with van der Waals surface area (Å²) in [6, 6.07) is 7.50. The maximum atomic E-state index is 12.5. The number of aromatic nitrogens is 1. The summed E-state index contributed by atoms with van der Waals surface area (Å²) in [4.78, 5) is 30.8. The fraction of sp³-hybridized carbons (Fsp3) is 0.444. The van der Waals surface area contributed by atoms with E-state index in [1.165, 1.54) is 0 Å². The van der Waals surface area contributed by atoms with Crippen molar-refractivity contribution in [3.8, 4) is 0 Å². The van der Waals surface area contributed by atoms with Gasteiger partial charge in [-0.25, -0.2) is 4.79 Å². The average molecular weight is 377 g/mol. The van der Waals surface area contributed by atoms with Crippen LogP contribution in [-0.4, -0.2) is 65.6 Å². The maximum absolute atomic E-state index is 12.5. The highest BCUT2D eigenvalue weighted by Crippen LogP contribution is 2.29. The molecule has 7 nitrogen and oxygen atoms in total. The van der Waals surface area contributed by atoms with Crippen LogP contribution in [0.15, 0.2) is 24.3 Å². The standard InChI is InChI=1S/C18H21ClN4O3/c1-22-10-18(26-9-16(22)24)4-5-23(11-18)17(25)20-8-14-7-12-6-13(19)2-3-15(12)21-14/h2-3,6-7,21H,4-5,8-11H2,1H3,(H,20,25)/t18-/m1/s1. The van der Waals surface area contributed by atoms with Crippen LogP contribution in [0.25, 0.3) is 10.9 Å². The van der Waals surface area contributed by atoms with Crippen molar-refractivity contribution in [2.75, 3.05) is 33.3 Å². The molecule has 0 bridgehead atoms. The highest BCUT2D eigenvalue weighted by Gasteiger charge is 2.45. The second-order valence-corrected chi connectivity index (χ2v) is 7.51. The topological polar surface area (TPSA) is 77.7 Å². The molecule has 0 radical (unpaired) electrons. The number of nitrogens with zero attached hydrogens (tertiary/aromatic N) is 2. The molecule has 4 rings (SSSR count). The van der Waals surface area contributed by atoms with E-state index in [2.05, 4.69) is 10.3 Å². The minimum absolute atomic E-state index is 0.0163. The van der Waals surface area contributed by atoms with Crippen LogP contribution in [0.1, 0.15) is 12.1 Å². The number of morpholine rings is 1. The number of amides is 3. The van der Waals surface area contributed by atoms with Gasteiger partial charge in [-0.05, 0) is 30.7 Å². The summed E-state index contributed by atoms with van der Waals surface area (Å²) in [6.45, 7) is 2.14. The van der Waals surface area contributed by atoms with Gasteiger partial charge in [0, 0.05) is 35.2 Å². The zero-order valence-corrected chi connectivity index (χ0v) is 15.3. The van der Waals surface area contributed by atoms with Crippen molar-refractivity contribution >= 4 is 34.4 Å². The van der Waals surface area contributed by atoms with Gasteiger partial charge in [0.1, 0.15) is 12.2 Å². The third kappa shape index (κ3) is 3.24. The highest BCUT2D eigenvalue weighted by molar-refractivity contribution is 6.31. The number of halogens is 1. The Morgan fingerprint density at radius 2 is 2.23 bits per heavy atom. The molecular weight excluding hydrogens is 356 g/mol. The Morgan fingerprint density at radius 3 is 3.04 bits per heavy atom. The molecule has 2 aliphatic rings. The number of ether oxygens (including phenoxy) is 1. The number of benzene rings is 1. The fourth-order valence-electron chi connectivity index (χ4n) is 3.70. The Bertz CT molecular complexity index is 867. The number of H-pyrrole nitrogens is 1. The van der Waals surface area contributed by atoms with Crippen LogP contribution in [0.5, 0.6) is 0 Å². The van der Waals surface area contributed by atoms with Crippen LogP contribution in [0.3, 0.4) is 0 Å². The lowest BCUT2D eigenvalue weighted by Crippen LogP contribution is -2.55. The van der Waals surface area contributed by atoms with E-state index in [4.69, 9.17) is 16.3 Å². The second-order valence-electron chi connectivity index (χ2n) is 7.08. The number of urea groups is 1. The van der Waals surface area contributed by atoms with Crippen LogP contribution < -0.4 is 5.32 Å². The zero-order chi connectivity index (χ0) is 18.3. The molecule has 0 saturated carbocycles. The van der Waals surface area contributed by atoms with Crippen LogP contribution >= 0.6 is 11.6 Å². The minimum atomic E-state index is -0.433. The molecule has 3 amide bonds. The lowest BCUT2D eigenvalue weighted by atomic mass is 10.0. The predicted octanol–water partition coefficient (Wildman–Crippen LogP) is 1.96. The summed E-state index contributed by atoms with van der Waals surface area (Å²) in [6.07, 6.45) is 0.739. The van der Waals surface area contributed by atoms with E-state index in [1.807, 2.05) is 24.3 Å². The van der Waals surface area contributed by atoms with E-state index < -0.39 is 5.60 Å². The van der Waals surface area contributed by atoms with Crippen LogP contribution in [0.2, 0.25) is 5.02 Å². The second kappa shape index (κ2) is 6.48. The van der Waals surface area contributed by atoms with Crippen molar-refractivity contribution in [3.05, 3.63) is 35.0 Å². The van der Waals surface area contributed by atoms with Crippen molar-refractivity contribution in [3.63, 3.8) is 0 Å². The van der Waals surface area contributed by atoms with Gasteiger partial charge in [-0.1, -0.05) is 11.6 Å². The molecule has 1 spiro atoms. The summed E-state index contributed by atoms with van der Waals surface area (Å²) in [5.74, 6) is -0.0163. The van der Waals surface area contributed by atoms with Gasteiger partial charge in [0.05, 0.1) is 19.6 Å². The SMILES string of the molecule is CN1C[C@@]2(CCN(C(=O)NCc3cc4cc(Cl)ccc4[nH]3)C2)OCC1=O. The first kappa shape index (κ1) is 17.2. The van der Waals surface area contributed by atoms with E-state index in [1.54, 1.807) is 16.8 Å². The van der Waals surface area contributed by atoms with Gasteiger partial charge >= 0.3 is 6.03 Å². The summed E-state index contributed by atoms with van der Waals surface area (Å²) in [7, 11) is 1.78. The summed E-state index contributed by atoms with van der Waals surface area (Å²) in [5, 5.41) is 4.65. The maximum Gasteiger partial charge on any atom is 0.317 e. The quantitative estimate of drug-likeness (QED) is 0.841. The number of likely N-dealkylation sites (N-methyl/N-ethyl adjacent to an activating group) is 1. The van der Waals surface area contributed by atoms with Gasteiger partial charge in [0.15, 0.2) is 0 Å². The molecule has 138 valence electrons. The van der Waals surface area contributed by atoms with E-state index in [-0.39, 0.29) is 18.5 Å². The highest BCUT2D eigenvalue weighted by atomic mass is 35.5. The first-order valence-electron chi connectivity index (χ1n) is 8.62. The fourth-order valence-corrected chi connectivity index (χ4v) is 3.88. The molecule has 3 heterocycles. The van der Waals surface area contributed by atoms with Gasteiger partial charge in [-0.15, -0.1) is 0 Å². The monoisotopic (exact) mass is 376 g/mol. The van der Waals surface area contributed by atoms with E-state index in [0.717, 1.165) is 23.0 Å². The molecule has 0 aliphatic carbocycles. The zero-order valence-electron chi connectivity index (χ0n) is 14.5. The van der Waals surface area contributed by atoms with Gasteiger partial charge in [0.2, 0.25) is 5.91 Å². The van der Waals surface area contributed by atoms with Gasteiger partial charge in [-0.2, -0.15) is 0 Å². The van der Waals surface area contributed by atoms with E-state index in [0.29, 0.717) is 31.2 Å². The molecule has 2 N–H and O–H groups in total. The van der Waals surface area contributed by atoms with Crippen LogP contribution in [0, 0.1) is 0 Å². The molecule has 1 atom stereocenters.